The van der Waals surface area contributed by atoms with E-state index >= 15 is 0 Å². The molecule has 5 heteroatoms. The zero-order valence-corrected chi connectivity index (χ0v) is 14.0. The minimum atomic E-state index is 0.277. The number of halogens is 1. The van der Waals surface area contributed by atoms with Crippen LogP contribution >= 0.6 is 11.6 Å². The molecule has 4 nitrogen and oxygen atoms in total. The first-order valence-electron chi connectivity index (χ1n) is 7.52. The Labute approximate surface area is 136 Å². The van der Waals surface area contributed by atoms with Crippen molar-refractivity contribution in [2.45, 2.75) is 33.1 Å². The molecule has 0 saturated carbocycles. The molecule has 1 heterocycles. The lowest BCUT2D eigenvalue weighted by atomic mass is 10.1. The van der Waals surface area contributed by atoms with Crippen molar-refractivity contribution in [3.05, 3.63) is 46.9 Å². The Morgan fingerprint density at radius 3 is 2.73 bits per heavy atom. The van der Waals surface area contributed by atoms with E-state index in [9.17, 15) is 0 Å². The van der Waals surface area contributed by atoms with Gasteiger partial charge in [-0.25, -0.2) is 9.97 Å². The topological polar surface area (TPSA) is 47.0 Å². The van der Waals surface area contributed by atoms with E-state index in [4.69, 9.17) is 16.3 Å². The standard InChI is InChI=1S/C17H22ClN3O/c1-12(2)15-16(18)20-11-21-17(15)19-9-6-10-22-14-8-5-4-7-13(14)3/h4-5,7-8,11-12H,6,9-10H2,1-3H3,(H,19,20,21). The summed E-state index contributed by atoms with van der Waals surface area (Å²) in [6.07, 6.45) is 2.37. The van der Waals surface area contributed by atoms with Crippen LogP contribution in [0.3, 0.4) is 0 Å². The van der Waals surface area contributed by atoms with Gasteiger partial charge >= 0.3 is 0 Å². The number of benzene rings is 1. The van der Waals surface area contributed by atoms with Crippen LogP contribution in [-0.4, -0.2) is 23.1 Å². The van der Waals surface area contributed by atoms with Gasteiger partial charge in [-0.15, -0.1) is 0 Å². The highest BCUT2D eigenvalue weighted by Crippen LogP contribution is 2.27. The van der Waals surface area contributed by atoms with Crippen molar-refractivity contribution in [2.75, 3.05) is 18.5 Å². The molecule has 1 aromatic carbocycles. The van der Waals surface area contributed by atoms with Gasteiger partial charge in [0, 0.05) is 12.1 Å². The summed E-state index contributed by atoms with van der Waals surface area (Å²) in [5.41, 5.74) is 2.11. The molecule has 0 saturated heterocycles. The van der Waals surface area contributed by atoms with Gasteiger partial charge in [-0.2, -0.15) is 0 Å². The summed E-state index contributed by atoms with van der Waals surface area (Å²) in [5.74, 6) is 2.03. The summed E-state index contributed by atoms with van der Waals surface area (Å²) < 4.78 is 5.78. The fourth-order valence-electron chi connectivity index (χ4n) is 2.21. The van der Waals surface area contributed by atoms with E-state index in [-0.39, 0.29) is 5.92 Å². The van der Waals surface area contributed by atoms with Gasteiger partial charge in [0.1, 0.15) is 23.0 Å². The van der Waals surface area contributed by atoms with Gasteiger partial charge in [-0.1, -0.05) is 43.6 Å². The monoisotopic (exact) mass is 319 g/mol. The molecule has 0 unspecified atom stereocenters. The molecule has 0 atom stereocenters. The predicted molar refractivity (Wildman–Crippen MR) is 90.9 cm³/mol. The van der Waals surface area contributed by atoms with Crippen LogP contribution < -0.4 is 10.1 Å². The van der Waals surface area contributed by atoms with Crippen LogP contribution in [0.15, 0.2) is 30.6 Å². The largest absolute Gasteiger partial charge is 0.493 e. The Hall–Kier alpha value is -1.81. The predicted octanol–water partition coefficient (Wildman–Crippen LogP) is 4.44. The van der Waals surface area contributed by atoms with Crippen LogP contribution in [0.4, 0.5) is 5.82 Å². The Morgan fingerprint density at radius 1 is 1.23 bits per heavy atom. The summed E-state index contributed by atoms with van der Waals surface area (Å²) in [6.45, 7) is 7.64. The fourth-order valence-corrected chi connectivity index (χ4v) is 2.56. The van der Waals surface area contributed by atoms with Gasteiger partial charge in [0.05, 0.1) is 6.61 Å². The van der Waals surface area contributed by atoms with Gasteiger partial charge in [-0.3, -0.25) is 0 Å². The average Bonchev–Trinajstić information content (AvgIpc) is 2.48. The Morgan fingerprint density at radius 2 is 2.00 bits per heavy atom. The van der Waals surface area contributed by atoms with Crippen molar-refractivity contribution in [3.8, 4) is 5.75 Å². The molecule has 2 aromatic rings. The fraction of sp³-hybridized carbons (Fsp3) is 0.412. The van der Waals surface area contributed by atoms with Gasteiger partial charge in [0.2, 0.25) is 0 Å². The summed E-state index contributed by atoms with van der Waals surface area (Å²) >= 11 is 6.15. The van der Waals surface area contributed by atoms with Crippen molar-refractivity contribution >= 4 is 17.4 Å². The highest BCUT2D eigenvalue weighted by molar-refractivity contribution is 6.30. The van der Waals surface area contributed by atoms with Crippen molar-refractivity contribution in [3.63, 3.8) is 0 Å². The molecule has 0 aliphatic rings. The van der Waals surface area contributed by atoms with Crippen molar-refractivity contribution < 1.29 is 4.74 Å². The SMILES string of the molecule is Cc1ccccc1OCCCNc1ncnc(Cl)c1C(C)C. The number of aryl methyl sites for hydroxylation is 1. The molecule has 0 bridgehead atoms. The normalized spacial score (nSPS) is 10.8. The van der Waals surface area contributed by atoms with Crippen molar-refractivity contribution in [1.82, 2.24) is 9.97 Å². The molecule has 0 amide bonds. The van der Waals surface area contributed by atoms with E-state index in [1.807, 2.05) is 31.2 Å². The quantitative estimate of drug-likeness (QED) is 0.605. The number of anilines is 1. The number of nitrogens with one attached hydrogen (secondary N) is 1. The summed E-state index contributed by atoms with van der Waals surface area (Å²) in [5, 5.41) is 3.84. The van der Waals surface area contributed by atoms with E-state index < -0.39 is 0 Å². The van der Waals surface area contributed by atoms with Gasteiger partial charge in [-0.05, 0) is 30.9 Å². The second-order valence-corrected chi connectivity index (χ2v) is 5.83. The Kier molecular flexibility index (Phi) is 6.01. The maximum absolute atomic E-state index is 6.15. The third-order valence-corrected chi connectivity index (χ3v) is 3.68. The number of aromatic nitrogens is 2. The third kappa shape index (κ3) is 4.34. The molecular formula is C17H22ClN3O. The third-order valence-electron chi connectivity index (χ3n) is 3.38. The maximum atomic E-state index is 6.15. The van der Waals surface area contributed by atoms with Crippen LogP contribution in [0.2, 0.25) is 5.15 Å². The molecule has 1 aromatic heterocycles. The molecular weight excluding hydrogens is 298 g/mol. The number of para-hydroxylation sites is 1. The van der Waals surface area contributed by atoms with E-state index in [2.05, 4.69) is 29.1 Å². The van der Waals surface area contributed by atoms with E-state index in [1.165, 1.54) is 6.33 Å². The highest BCUT2D eigenvalue weighted by Gasteiger charge is 2.12. The Balaban J connectivity index is 1.82. The van der Waals surface area contributed by atoms with Gasteiger partial charge < -0.3 is 10.1 Å². The van der Waals surface area contributed by atoms with Crippen LogP contribution in [-0.2, 0) is 0 Å². The molecule has 22 heavy (non-hydrogen) atoms. The highest BCUT2D eigenvalue weighted by atomic mass is 35.5. The van der Waals surface area contributed by atoms with Gasteiger partial charge in [0.15, 0.2) is 0 Å². The van der Waals surface area contributed by atoms with Crippen LogP contribution in [0.25, 0.3) is 0 Å². The van der Waals surface area contributed by atoms with E-state index in [0.717, 1.165) is 35.7 Å². The lowest BCUT2D eigenvalue weighted by molar-refractivity contribution is 0.313. The van der Waals surface area contributed by atoms with Crippen LogP contribution in [0.5, 0.6) is 5.75 Å². The minimum Gasteiger partial charge on any atom is -0.493 e. The first kappa shape index (κ1) is 16.6. The number of hydrogen-bond acceptors (Lipinski definition) is 4. The average molecular weight is 320 g/mol. The second kappa shape index (κ2) is 7.99. The molecule has 0 aliphatic heterocycles. The van der Waals surface area contributed by atoms with Crippen molar-refractivity contribution in [1.29, 1.82) is 0 Å². The van der Waals surface area contributed by atoms with E-state index in [0.29, 0.717) is 11.8 Å². The van der Waals surface area contributed by atoms with Crippen LogP contribution in [0.1, 0.15) is 37.3 Å². The summed E-state index contributed by atoms with van der Waals surface area (Å²) in [6, 6.07) is 8.03. The molecule has 0 spiro atoms. The number of hydrogen-bond donors (Lipinski definition) is 1. The van der Waals surface area contributed by atoms with Crippen LogP contribution in [0, 0.1) is 6.92 Å². The molecule has 118 valence electrons. The van der Waals surface area contributed by atoms with E-state index in [1.54, 1.807) is 0 Å². The zero-order valence-electron chi connectivity index (χ0n) is 13.3. The molecule has 2 rings (SSSR count). The Bertz CT molecular complexity index is 617. The first-order chi connectivity index (χ1) is 10.6. The minimum absolute atomic E-state index is 0.277. The summed E-state index contributed by atoms with van der Waals surface area (Å²) in [7, 11) is 0. The number of nitrogens with zero attached hydrogens (tertiary/aromatic N) is 2. The maximum Gasteiger partial charge on any atom is 0.138 e. The first-order valence-corrected chi connectivity index (χ1v) is 7.90. The second-order valence-electron chi connectivity index (χ2n) is 5.48. The molecule has 0 aliphatic carbocycles. The lowest BCUT2D eigenvalue weighted by Crippen LogP contribution is -2.11. The van der Waals surface area contributed by atoms with Gasteiger partial charge in [0.25, 0.3) is 0 Å². The number of ether oxygens (including phenoxy) is 1. The molecule has 0 fully saturated rings. The molecule has 0 radical (unpaired) electrons. The molecule has 1 N–H and O–H groups in total. The summed E-state index contributed by atoms with van der Waals surface area (Å²) in [4.78, 5) is 8.33. The van der Waals surface area contributed by atoms with Crippen molar-refractivity contribution in [2.24, 2.45) is 0 Å². The zero-order chi connectivity index (χ0) is 15.9. The number of rotatable bonds is 7. The lowest BCUT2D eigenvalue weighted by Gasteiger charge is -2.14. The smallest absolute Gasteiger partial charge is 0.138 e.